The molecule has 0 saturated heterocycles. The number of benzene rings is 6. The summed E-state index contributed by atoms with van der Waals surface area (Å²) in [4.78, 5) is 0. The van der Waals surface area contributed by atoms with Crippen molar-refractivity contribution in [3.63, 3.8) is 0 Å². The molecule has 0 N–H and O–H groups in total. The summed E-state index contributed by atoms with van der Waals surface area (Å²) in [6.07, 6.45) is 0. The molecular weight excluding hydrogens is 566 g/mol. The maximum atomic E-state index is 12.7. The predicted molar refractivity (Wildman–Crippen MR) is 176 cm³/mol. The molecule has 43 heavy (non-hydrogen) atoms. The first-order valence-corrected chi connectivity index (χ1v) is 15.0. The van der Waals surface area contributed by atoms with Crippen LogP contribution in [0.5, 0.6) is 11.5 Å². The number of para-hydroxylation sites is 2. The van der Waals surface area contributed by atoms with E-state index in [1.807, 2.05) is 118 Å². The van der Waals surface area contributed by atoms with Crippen molar-refractivity contribution >= 4 is 74.8 Å². The van der Waals surface area contributed by atoms with Gasteiger partial charge in [-0.05, 0) is 44.8 Å². The minimum Gasteiger partial charge on any atom is -0.872 e. The van der Waals surface area contributed by atoms with E-state index >= 15 is 0 Å². The van der Waals surface area contributed by atoms with E-state index in [4.69, 9.17) is 0 Å². The van der Waals surface area contributed by atoms with Gasteiger partial charge < -0.3 is 19.3 Å². The van der Waals surface area contributed by atoms with E-state index in [9.17, 15) is 10.2 Å². The fraction of sp³-hybridized carbons (Fsp3) is 0. The van der Waals surface area contributed by atoms with Crippen LogP contribution in [-0.4, -0.2) is 10.1 Å². The van der Waals surface area contributed by atoms with Crippen molar-refractivity contribution in [2.24, 2.45) is 0 Å². The summed E-state index contributed by atoms with van der Waals surface area (Å²) < 4.78 is 5.97. The topological polar surface area (TPSA) is 53.9 Å². The smallest absolute Gasteiger partial charge is 0.872 e. The Morgan fingerprint density at radius 2 is 0.837 bits per heavy atom. The molecule has 0 aliphatic heterocycles. The van der Waals surface area contributed by atoms with Gasteiger partial charge in [-0.2, -0.15) is 0 Å². The van der Waals surface area contributed by atoms with Crippen molar-refractivity contribution in [3.8, 4) is 32.6 Å². The third-order valence-electron chi connectivity index (χ3n) is 7.44. The first-order chi connectivity index (χ1) is 20.5. The molecule has 204 valence electrons. The standard InChI is InChI=1S/2C18H13NOS.Be/c2*1-19-15-8-4-5-9-16(15)21-18(19)14-11-10-12-6-2-3-7-13(12)17(14)20;/h2*2-11,20H,1H2;/q;;+2/p-2. The van der Waals surface area contributed by atoms with Gasteiger partial charge in [0, 0.05) is 23.5 Å². The summed E-state index contributed by atoms with van der Waals surface area (Å²) in [5, 5.41) is 30.7. The van der Waals surface area contributed by atoms with Crippen molar-refractivity contribution in [1.29, 1.82) is 0 Å². The van der Waals surface area contributed by atoms with E-state index in [-0.39, 0.29) is 21.6 Å². The van der Waals surface area contributed by atoms with Crippen LogP contribution in [0.15, 0.2) is 121 Å². The summed E-state index contributed by atoms with van der Waals surface area (Å²) >= 11 is 3.20. The van der Waals surface area contributed by atoms with Gasteiger partial charge in [-0.25, -0.2) is 0 Å². The third-order valence-corrected chi connectivity index (χ3v) is 9.83. The molecule has 0 unspecified atom stereocenters. The van der Waals surface area contributed by atoms with Crippen molar-refractivity contribution in [2.45, 2.75) is 0 Å². The minimum absolute atomic E-state index is 0. The molecule has 2 aromatic heterocycles. The van der Waals surface area contributed by atoms with Crippen LogP contribution < -0.4 is 19.3 Å². The molecule has 0 spiro atoms. The Morgan fingerprint density at radius 1 is 0.465 bits per heavy atom. The van der Waals surface area contributed by atoms with Crippen molar-refractivity contribution in [3.05, 3.63) is 135 Å². The zero-order valence-electron chi connectivity index (χ0n) is 23.2. The Balaban J connectivity index is 0.000000150. The maximum Gasteiger partial charge on any atom is 2.00 e. The van der Waals surface area contributed by atoms with Crippen LogP contribution in [0.2, 0.25) is 0 Å². The molecular formula is C36H24BeN2O2S2. The van der Waals surface area contributed by atoms with E-state index < -0.39 is 0 Å². The summed E-state index contributed by atoms with van der Waals surface area (Å²) in [5.41, 5.74) is 3.52. The summed E-state index contributed by atoms with van der Waals surface area (Å²) in [6.45, 7) is 0. The van der Waals surface area contributed by atoms with Crippen LogP contribution in [0.25, 0.3) is 63.1 Å². The number of aromatic nitrogens is 2. The zero-order valence-corrected chi connectivity index (χ0v) is 24.8. The molecule has 0 atom stereocenters. The molecule has 0 aliphatic carbocycles. The number of rotatable bonds is 2. The van der Waals surface area contributed by atoms with Crippen LogP contribution in [0.1, 0.15) is 0 Å². The zero-order chi connectivity index (χ0) is 28.8. The number of fused-ring (bicyclic) bond motifs is 4. The second-order valence-corrected chi connectivity index (χ2v) is 12.0. The number of hydrogen-bond donors (Lipinski definition) is 0. The van der Waals surface area contributed by atoms with Gasteiger partial charge in [-0.3, -0.25) is 0 Å². The Labute approximate surface area is 261 Å². The predicted octanol–water partition coefficient (Wildman–Crippen LogP) is 7.06. The molecule has 4 nitrogen and oxygen atoms in total. The molecule has 6 aromatic carbocycles. The quantitative estimate of drug-likeness (QED) is 0.123. The van der Waals surface area contributed by atoms with Gasteiger partial charge in [0.25, 0.3) is 0 Å². The third kappa shape index (κ3) is 4.86. The van der Waals surface area contributed by atoms with E-state index in [1.165, 1.54) is 0 Å². The SMILES string of the molecule is [Be+2].[CH2-][n+]1c(-c2ccc3ccccc3c2[O-])sc2ccccc21.[CH2-][n+]1c(-c2ccc3ccccc3c2[O-])sc2ccccc21. The van der Waals surface area contributed by atoms with Gasteiger partial charge in [0.05, 0.1) is 0 Å². The van der Waals surface area contributed by atoms with Gasteiger partial charge >= 0.3 is 10.1 Å². The molecule has 0 radical (unpaired) electrons. The molecule has 2 heterocycles. The average molecular weight is 590 g/mol. The van der Waals surface area contributed by atoms with Crippen molar-refractivity contribution in [2.75, 3.05) is 0 Å². The Kier molecular flexibility index (Phi) is 7.51. The van der Waals surface area contributed by atoms with E-state index in [0.29, 0.717) is 11.1 Å². The van der Waals surface area contributed by atoms with Crippen molar-refractivity contribution < 1.29 is 19.3 Å². The van der Waals surface area contributed by atoms with Crippen LogP contribution in [-0.2, 0) is 0 Å². The van der Waals surface area contributed by atoms with Gasteiger partial charge in [0.15, 0.2) is 10.0 Å². The van der Waals surface area contributed by atoms with Gasteiger partial charge in [0.1, 0.15) is 11.0 Å². The van der Waals surface area contributed by atoms with E-state index in [0.717, 1.165) is 52.0 Å². The van der Waals surface area contributed by atoms with Crippen LogP contribution in [0.4, 0.5) is 0 Å². The largest absolute Gasteiger partial charge is 2.00 e. The summed E-state index contributed by atoms with van der Waals surface area (Å²) in [7, 11) is 8.19. The molecule has 0 amide bonds. The fourth-order valence-electron chi connectivity index (χ4n) is 5.29. The van der Waals surface area contributed by atoms with Gasteiger partial charge in [-0.15, -0.1) is 22.7 Å². The van der Waals surface area contributed by atoms with Gasteiger partial charge in [0.2, 0.25) is 0 Å². The molecule has 0 fully saturated rings. The van der Waals surface area contributed by atoms with Crippen LogP contribution in [0, 0.1) is 14.1 Å². The Morgan fingerprint density at radius 3 is 1.26 bits per heavy atom. The van der Waals surface area contributed by atoms with Gasteiger partial charge in [-0.1, -0.05) is 121 Å². The van der Waals surface area contributed by atoms with Crippen LogP contribution >= 0.6 is 22.7 Å². The average Bonchev–Trinajstić information content (AvgIpc) is 3.54. The molecule has 0 bridgehead atoms. The van der Waals surface area contributed by atoms with E-state index in [2.05, 4.69) is 26.2 Å². The monoisotopic (exact) mass is 589 g/mol. The second-order valence-electron chi connectivity index (χ2n) is 9.93. The molecule has 7 heteroatoms. The molecule has 0 aliphatic rings. The maximum absolute atomic E-state index is 12.7. The summed E-state index contributed by atoms with van der Waals surface area (Å²) in [6, 6.07) is 39.3. The number of hydrogen-bond acceptors (Lipinski definition) is 4. The molecule has 8 rings (SSSR count). The van der Waals surface area contributed by atoms with Crippen molar-refractivity contribution in [1.82, 2.24) is 0 Å². The normalized spacial score (nSPS) is 11.0. The minimum atomic E-state index is 0. The number of thiazole rings is 2. The molecule has 0 saturated carbocycles. The first kappa shape index (κ1) is 28.3. The Hall–Kier alpha value is -4.87. The number of nitrogens with zero attached hydrogens (tertiary/aromatic N) is 2. The van der Waals surface area contributed by atoms with Crippen LogP contribution in [0.3, 0.4) is 0 Å². The summed E-state index contributed by atoms with van der Waals surface area (Å²) in [5.74, 6) is 0.133. The van der Waals surface area contributed by atoms with E-state index in [1.54, 1.807) is 22.7 Å². The molecule has 8 aromatic rings. The second kappa shape index (κ2) is 11.4. The first-order valence-electron chi connectivity index (χ1n) is 13.4. The Bertz CT molecular complexity index is 2110. The fourth-order valence-corrected chi connectivity index (χ4v) is 7.53.